The van der Waals surface area contributed by atoms with Crippen LogP contribution in [0.5, 0.6) is 0 Å². The molecule has 2 aromatic rings. The van der Waals surface area contributed by atoms with E-state index in [4.69, 9.17) is 4.74 Å². The van der Waals surface area contributed by atoms with Crippen molar-refractivity contribution in [1.29, 1.82) is 0 Å². The van der Waals surface area contributed by atoms with Gasteiger partial charge < -0.3 is 9.64 Å². The van der Waals surface area contributed by atoms with Crippen molar-refractivity contribution in [2.75, 3.05) is 13.1 Å². The summed E-state index contributed by atoms with van der Waals surface area (Å²) in [6.07, 6.45) is 5.22. The molecule has 5 rings (SSSR count). The number of benzene rings is 2. The molecule has 2 atom stereocenters. The van der Waals surface area contributed by atoms with Crippen LogP contribution in [0.2, 0.25) is 0 Å². The van der Waals surface area contributed by atoms with Crippen LogP contribution < -0.4 is 0 Å². The minimum absolute atomic E-state index is 0.140. The van der Waals surface area contributed by atoms with Crippen LogP contribution in [-0.4, -0.2) is 43.9 Å². The van der Waals surface area contributed by atoms with E-state index in [0.717, 1.165) is 32.0 Å². The molecule has 1 unspecified atom stereocenters. The second kappa shape index (κ2) is 9.32. The van der Waals surface area contributed by atoms with Gasteiger partial charge in [0.25, 0.3) is 10.0 Å². The molecular formula is C28H35FN2O3S. The maximum Gasteiger partial charge on any atom is 0.267 e. The quantitative estimate of drug-likeness (QED) is 0.495. The van der Waals surface area contributed by atoms with Crippen molar-refractivity contribution in [1.82, 2.24) is 4.90 Å². The highest BCUT2D eigenvalue weighted by Gasteiger charge is 2.47. The van der Waals surface area contributed by atoms with Gasteiger partial charge in [-0.2, -0.15) is 0 Å². The number of likely N-dealkylation sites (tertiary alicyclic amines) is 1. The molecule has 188 valence electrons. The van der Waals surface area contributed by atoms with Crippen LogP contribution >= 0.6 is 0 Å². The van der Waals surface area contributed by atoms with E-state index in [1.165, 1.54) is 24.5 Å². The first-order valence-electron chi connectivity index (χ1n) is 12.7. The molecule has 0 radical (unpaired) electrons. The van der Waals surface area contributed by atoms with Gasteiger partial charge in [0.2, 0.25) is 5.90 Å². The molecule has 5 nitrogen and oxygen atoms in total. The molecule has 2 fully saturated rings. The third kappa shape index (κ3) is 5.17. The second-order valence-corrected chi connectivity index (χ2v) is 12.6. The zero-order valence-electron chi connectivity index (χ0n) is 20.8. The van der Waals surface area contributed by atoms with E-state index in [1.54, 1.807) is 32.0 Å². The molecule has 1 saturated carbocycles. The molecular weight excluding hydrogens is 463 g/mol. The highest BCUT2D eigenvalue weighted by atomic mass is 32.2. The Hall–Kier alpha value is -2.25. The third-order valence-electron chi connectivity index (χ3n) is 7.76. The van der Waals surface area contributed by atoms with E-state index < -0.39 is 20.9 Å². The van der Waals surface area contributed by atoms with Gasteiger partial charge in [-0.05, 0) is 87.2 Å². The maximum atomic E-state index is 14.2. The molecule has 2 heterocycles. The lowest BCUT2D eigenvalue weighted by Crippen LogP contribution is -2.43. The SMILES string of the molecule is C[C@H](CC1=NS(=O)(=O)C(c2ccc(C3CCN(C4CC4)CC3)cc2)C(C)(C)O1)c1ccccc1F. The van der Waals surface area contributed by atoms with Crippen LogP contribution in [0, 0.1) is 5.82 Å². The van der Waals surface area contributed by atoms with E-state index in [0.29, 0.717) is 17.0 Å². The van der Waals surface area contributed by atoms with Crippen molar-refractivity contribution in [3.05, 3.63) is 71.0 Å². The molecule has 0 N–H and O–H groups in total. The molecule has 3 aliphatic rings. The van der Waals surface area contributed by atoms with E-state index in [1.807, 2.05) is 19.1 Å². The van der Waals surface area contributed by atoms with Crippen molar-refractivity contribution in [2.24, 2.45) is 4.40 Å². The highest BCUT2D eigenvalue weighted by molar-refractivity contribution is 7.90. The molecule has 0 bridgehead atoms. The van der Waals surface area contributed by atoms with Crippen LogP contribution in [0.3, 0.4) is 0 Å². The Morgan fingerprint density at radius 2 is 1.66 bits per heavy atom. The number of halogens is 1. The first kappa shape index (κ1) is 24.4. The Bertz CT molecular complexity index is 1200. The Morgan fingerprint density at radius 3 is 2.26 bits per heavy atom. The van der Waals surface area contributed by atoms with Crippen LogP contribution in [-0.2, 0) is 14.8 Å². The van der Waals surface area contributed by atoms with Gasteiger partial charge in [0.15, 0.2) is 0 Å². The summed E-state index contributed by atoms with van der Waals surface area (Å²) < 4.78 is 51.1. The highest BCUT2D eigenvalue weighted by Crippen LogP contribution is 2.42. The number of sulfonamides is 1. The minimum atomic E-state index is -3.86. The van der Waals surface area contributed by atoms with Crippen LogP contribution in [0.1, 0.15) is 86.7 Å². The Kier molecular flexibility index (Phi) is 6.51. The molecule has 2 aliphatic heterocycles. The van der Waals surface area contributed by atoms with E-state index in [9.17, 15) is 12.8 Å². The second-order valence-electron chi connectivity index (χ2n) is 10.9. The molecule has 7 heteroatoms. The van der Waals surface area contributed by atoms with Gasteiger partial charge in [-0.3, -0.25) is 0 Å². The lowest BCUT2D eigenvalue weighted by Gasteiger charge is -2.38. The van der Waals surface area contributed by atoms with E-state index in [-0.39, 0.29) is 24.1 Å². The molecule has 1 aliphatic carbocycles. The zero-order chi connectivity index (χ0) is 24.8. The van der Waals surface area contributed by atoms with Gasteiger partial charge in [0.1, 0.15) is 16.7 Å². The monoisotopic (exact) mass is 498 g/mol. The Morgan fingerprint density at radius 1 is 1.03 bits per heavy atom. The molecule has 0 spiro atoms. The van der Waals surface area contributed by atoms with E-state index >= 15 is 0 Å². The van der Waals surface area contributed by atoms with Gasteiger partial charge in [-0.25, -0.2) is 12.8 Å². The van der Waals surface area contributed by atoms with Gasteiger partial charge >= 0.3 is 0 Å². The summed E-state index contributed by atoms with van der Waals surface area (Å²) in [5.74, 6) is 0.0923. The first-order chi connectivity index (χ1) is 16.6. The van der Waals surface area contributed by atoms with Gasteiger partial charge in [-0.15, -0.1) is 4.40 Å². The average molecular weight is 499 g/mol. The van der Waals surface area contributed by atoms with Crippen molar-refractivity contribution in [3.63, 3.8) is 0 Å². The van der Waals surface area contributed by atoms with Gasteiger partial charge in [-0.1, -0.05) is 49.4 Å². The fourth-order valence-electron chi connectivity index (χ4n) is 5.81. The molecule has 35 heavy (non-hydrogen) atoms. The lowest BCUT2D eigenvalue weighted by atomic mass is 9.88. The summed E-state index contributed by atoms with van der Waals surface area (Å²) >= 11 is 0. The standard InChI is InChI=1S/C28H35FN2O3S/c1-19(24-6-4-5-7-25(24)29)18-26-30-35(32,33)27(28(2,3)34-26)22-10-8-20(9-11-22)21-14-16-31(17-15-21)23-12-13-23/h4-11,19,21,23,27H,12-18H2,1-3H3/t19-,27?/m1/s1. The smallest absolute Gasteiger partial charge is 0.267 e. The summed E-state index contributed by atoms with van der Waals surface area (Å²) in [5.41, 5.74) is 1.50. The predicted molar refractivity (Wildman–Crippen MR) is 137 cm³/mol. The predicted octanol–water partition coefficient (Wildman–Crippen LogP) is 5.94. The molecule has 1 saturated heterocycles. The Labute approximate surface area is 208 Å². The number of rotatable bonds is 6. The summed E-state index contributed by atoms with van der Waals surface area (Å²) in [6.45, 7) is 7.73. The van der Waals surface area contributed by atoms with Gasteiger partial charge in [0, 0.05) is 12.5 Å². The largest absolute Gasteiger partial charge is 0.472 e. The molecule has 0 aromatic heterocycles. The van der Waals surface area contributed by atoms with Crippen LogP contribution in [0.25, 0.3) is 0 Å². The minimum Gasteiger partial charge on any atom is -0.472 e. The van der Waals surface area contributed by atoms with Crippen molar-refractivity contribution in [2.45, 2.75) is 81.6 Å². The van der Waals surface area contributed by atoms with E-state index in [2.05, 4.69) is 21.4 Å². The first-order valence-corrected chi connectivity index (χ1v) is 14.2. The fourth-order valence-corrected chi connectivity index (χ4v) is 7.58. The molecule has 0 amide bonds. The molecule has 2 aromatic carbocycles. The summed E-state index contributed by atoms with van der Waals surface area (Å²) in [4.78, 5) is 2.61. The average Bonchev–Trinajstić information content (AvgIpc) is 3.64. The summed E-state index contributed by atoms with van der Waals surface area (Å²) in [5, 5.41) is -0.895. The summed E-state index contributed by atoms with van der Waals surface area (Å²) in [6, 6.07) is 15.4. The number of hydrogen-bond acceptors (Lipinski definition) is 4. The normalized spacial score (nSPS) is 25.5. The van der Waals surface area contributed by atoms with Crippen LogP contribution in [0.4, 0.5) is 4.39 Å². The number of nitrogens with zero attached hydrogens (tertiary/aromatic N) is 2. The van der Waals surface area contributed by atoms with Crippen LogP contribution in [0.15, 0.2) is 52.9 Å². The number of piperidine rings is 1. The maximum absolute atomic E-state index is 14.2. The summed E-state index contributed by atoms with van der Waals surface area (Å²) in [7, 11) is -3.86. The topological polar surface area (TPSA) is 59.0 Å². The fraction of sp³-hybridized carbons (Fsp3) is 0.536. The van der Waals surface area contributed by atoms with Crippen molar-refractivity contribution < 1.29 is 17.5 Å². The van der Waals surface area contributed by atoms with Crippen molar-refractivity contribution in [3.8, 4) is 0 Å². The van der Waals surface area contributed by atoms with Crippen molar-refractivity contribution >= 4 is 15.9 Å². The zero-order valence-corrected chi connectivity index (χ0v) is 21.6. The lowest BCUT2D eigenvalue weighted by molar-refractivity contribution is 0.0803. The van der Waals surface area contributed by atoms with Gasteiger partial charge in [0.05, 0.1) is 0 Å². The number of ether oxygens (including phenoxy) is 1. The number of hydrogen-bond donors (Lipinski definition) is 0. The third-order valence-corrected chi connectivity index (χ3v) is 9.65. The Balaban J connectivity index is 1.32.